The first-order valence-corrected chi connectivity index (χ1v) is 9.63. The molecule has 2 saturated heterocycles. The number of H-pyrrole nitrogens is 1. The van der Waals surface area contributed by atoms with Crippen LogP contribution in [-0.4, -0.2) is 40.7 Å². The summed E-state index contributed by atoms with van der Waals surface area (Å²) in [6.07, 6.45) is 4.85. The Bertz CT molecular complexity index is 794. The zero-order valence-corrected chi connectivity index (χ0v) is 14.8. The van der Waals surface area contributed by atoms with Crippen LogP contribution in [0.15, 0.2) is 18.2 Å². The summed E-state index contributed by atoms with van der Waals surface area (Å²) in [7, 11) is 0. The van der Waals surface area contributed by atoms with E-state index in [1.807, 2.05) is 0 Å². The van der Waals surface area contributed by atoms with Gasteiger partial charge in [0, 0.05) is 41.1 Å². The van der Waals surface area contributed by atoms with Crippen LogP contribution in [0.4, 0.5) is 0 Å². The molecule has 24 heavy (non-hydrogen) atoms. The van der Waals surface area contributed by atoms with E-state index in [9.17, 15) is 5.11 Å². The van der Waals surface area contributed by atoms with Crippen LogP contribution in [0.5, 0.6) is 0 Å². The van der Waals surface area contributed by atoms with Crippen molar-refractivity contribution in [2.75, 3.05) is 19.7 Å². The lowest BCUT2D eigenvalue weighted by molar-refractivity contribution is -0.0775. The van der Waals surface area contributed by atoms with Gasteiger partial charge in [0.1, 0.15) is 0 Å². The van der Waals surface area contributed by atoms with E-state index in [1.54, 1.807) is 0 Å². The monoisotopic (exact) mass is 324 g/mol. The molecular weight excluding hydrogens is 296 g/mol. The average Bonchev–Trinajstić information content (AvgIpc) is 2.93. The maximum Gasteiger partial charge on any atom is 0.0557 e. The largest absolute Gasteiger partial charge is 0.395 e. The normalized spacial score (nSPS) is 37.5. The number of aromatic amines is 1. The molecule has 1 aromatic carbocycles. The van der Waals surface area contributed by atoms with Gasteiger partial charge in [0.15, 0.2) is 0 Å². The minimum absolute atomic E-state index is 0.0827. The molecule has 4 aliphatic rings. The summed E-state index contributed by atoms with van der Waals surface area (Å²) in [5.41, 5.74) is 5.33. The standard InChI is InChI=1S/C21H28N2O/c1-3-15-9-14-10-21(12-24)19-16(6-7-23(11-14)20(15)21)17-8-13(2)4-5-18(17)22-19/h4-5,8,14-15,20,22,24H,3,6-7,9-12H2,1-2H3. The van der Waals surface area contributed by atoms with E-state index < -0.39 is 0 Å². The van der Waals surface area contributed by atoms with E-state index in [0.717, 1.165) is 31.2 Å². The number of aromatic nitrogens is 1. The van der Waals surface area contributed by atoms with Gasteiger partial charge in [0.2, 0.25) is 0 Å². The first kappa shape index (κ1) is 15.0. The maximum absolute atomic E-state index is 10.6. The Hall–Kier alpha value is -1.32. The van der Waals surface area contributed by atoms with Crippen LogP contribution >= 0.6 is 0 Å². The van der Waals surface area contributed by atoms with E-state index >= 15 is 0 Å². The molecule has 1 aliphatic carbocycles. The van der Waals surface area contributed by atoms with Crippen molar-refractivity contribution < 1.29 is 5.11 Å². The molecule has 4 bridgehead atoms. The number of hydrogen-bond acceptors (Lipinski definition) is 2. The molecule has 0 spiro atoms. The van der Waals surface area contributed by atoms with Crippen molar-refractivity contribution in [3.63, 3.8) is 0 Å². The fourth-order valence-corrected chi connectivity index (χ4v) is 6.37. The molecule has 1 aromatic heterocycles. The van der Waals surface area contributed by atoms with E-state index in [0.29, 0.717) is 6.04 Å². The summed E-state index contributed by atoms with van der Waals surface area (Å²) in [5, 5.41) is 12.0. The van der Waals surface area contributed by atoms with E-state index in [2.05, 4.69) is 41.9 Å². The molecule has 3 nitrogen and oxygen atoms in total. The first-order valence-electron chi connectivity index (χ1n) is 9.63. The van der Waals surface area contributed by atoms with Crippen molar-refractivity contribution in [3.05, 3.63) is 35.0 Å². The first-order chi connectivity index (χ1) is 11.7. The molecule has 2 aromatic rings. The Morgan fingerprint density at radius 2 is 2.25 bits per heavy atom. The van der Waals surface area contributed by atoms with Crippen molar-refractivity contribution in [2.24, 2.45) is 11.8 Å². The van der Waals surface area contributed by atoms with Gasteiger partial charge in [-0.1, -0.05) is 25.0 Å². The number of aliphatic hydroxyl groups excluding tert-OH is 1. The van der Waals surface area contributed by atoms with Gasteiger partial charge in [0.25, 0.3) is 0 Å². The lowest BCUT2D eigenvalue weighted by Gasteiger charge is -2.59. The van der Waals surface area contributed by atoms with Crippen molar-refractivity contribution in [2.45, 2.75) is 51.0 Å². The van der Waals surface area contributed by atoms with Gasteiger partial charge in [-0.25, -0.2) is 0 Å². The molecule has 3 aliphatic heterocycles. The van der Waals surface area contributed by atoms with Gasteiger partial charge in [-0.05, 0) is 55.7 Å². The molecule has 0 radical (unpaired) electrons. The van der Waals surface area contributed by atoms with Gasteiger partial charge >= 0.3 is 0 Å². The number of aliphatic hydroxyl groups is 1. The molecule has 2 N–H and O–H groups in total. The number of nitrogens with one attached hydrogen (secondary N) is 1. The van der Waals surface area contributed by atoms with Crippen LogP contribution in [0.3, 0.4) is 0 Å². The highest BCUT2D eigenvalue weighted by atomic mass is 16.3. The molecule has 3 heteroatoms. The van der Waals surface area contributed by atoms with Crippen LogP contribution in [0.25, 0.3) is 10.9 Å². The predicted octanol–water partition coefficient (Wildman–Crippen LogP) is 3.38. The molecule has 5 atom stereocenters. The van der Waals surface area contributed by atoms with Crippen molar-refractivity contribution in [3.8, 4) is 0 Å². The van der Waals surface area contributed by atoms with E-state index in [4.69, 9.17) is 0 Å². The Morgan fingerprint density at radius 1 is 1.38 bits per heavy atom. The highest BCUT2D eigenvalue weighted by molar-refractivity contribution is 5.86. The minimum atomic E-state index is -0.0827. The number of piperidine rings is 2. The summed E-state index contributed by atoms with van der Waals surface area (Å²) < 4.78 is 0. The smallest absolute Gasteiger partial charge is 0.0557 e. The molecule has 4 heterocycles. The Morgan fingerprint density at radius 3 is 3.04 bits per heavy atom. The third kappa shape index (κ3) is 1.80. The molecule has 128 valence electrons. The zero-order valence-electron chi connectivity index (χ0n) is 14.8. The van der Waals surface area contributed by atoms with Gasteiger partial charge in [-0.15, -0.1) is 0 Å². The van der Waals surface area contributed by atoms with Crippen molar-refractivity contribution in [1.82, 2.24) is 9.88 Å². The molecule has 3 fully saturated rings. The summed E-state index contributed by atoms with van der Waals surface area (Å²) in [5.74, 6) is 1.47. The third-order valence-electron chi connectivity index (χ3n) is 7.20. The lowest BCUT2D eigenvalue weighted by atomic mass is 9.57. The van der Waals surface area contributed by atoms with Crippen LogP contribution in [-0.2, 0) is 11.8 Å². The maximum atomic E-state index is 10.6. The summed E-state index contributed by atoms with van der Waals surface area (Å²) in [4.78, 5) is 6.49. The molecule has 5 unspecified atom stereocenters. The number of benzene rings is 1. The lowest BCUT2D eigenvalue weighted by Crippen LogP contribution is -2.65. The highest BCUT2D eigenvalue weighted by Crippen LogP contribution is 2.54. The van der Waals surface area contributed by atoms with Gasteiger partial charge in [-0.3, -0.25) is 4.90 Å². The van der Waals surface area contributed by atoms with Crippen LogP contribution in [0.1, 0.15) is 43.0 Å². The van der Waals surface area contributed by atoms with Crippen LogP contribution in [0, 0.1) is 18.8 Å². The number of aryl methyl sites for hydroxylation is 1. The van der Waals surface area contributed by atoms with Crippen molar-refractivity contribution >= 4 is 10.9 Å². The third-order valence-corrected chi connectivity index (χ3v) is 7.20. The number of hydrogen-bond donors (Lipinski definition) is 2. The number of nitrogens with zero attached hydrogens (tertiary/aromatic N) is 1. The zero-order chi connectivity index (χ0) is 16.5. The van der Waals surface area contributed by atoms with Crippen LogP contribution in [0.2, 0.25) is 0 Å². The minimum Gasteiger partial charge on any atom is -0.395 e. The topological polar surface area (TPSA) is 39.3 Å². The highest BCUT2D eigenvalue weighted by Gasteiger charge is 2.57. The SMILES string of the molecule is CCC1CC2CN3CCc4c([nH]c5ccc(C)cc45)C(CO)(C2)C13. The number of rotatable bonds is 2. The molecule has 0 amide bonds. The van der Waals surface area contributed by atoms with Crippen molar-refractivity contribution in [1.29, 1.82) is 0 Å². The van der Waals surface area contributed by atoms with Crippen LogP contribution < -0.4 is 0 Å². The average molecular weight is 324 g/mol. The quantitative estimate of drug-likeness (QED) is 0.889. The fraction of sp³-hybridized carbons (Fsp3) is 0.619. The Labute approximate surface area is 144 Å². The van der Waals surface area contributed by atoms with E-state index in [-0.39, 0.29) is 12.0 Å². The molecule has 6 rings (SSSR count). The predicted molar refractivity (Wildman–Crippen MR) is 97.4 cm³/mol. The number of fused-ring (bicyclic) bond motifs is 4. The summed E-state index contributed by atoms with van der Waals surface area (Å²) >= 11 is 0. The molecular formula is C21H28N2O. The summed E-state index contributed by atoms with van der Waals surface area (Å²) in [6.45, 7) is 7.17. The summed E-state index contributed by atoms with van der Waals surface area (Å²) in [6, 6.07) is 7.25. The second-order valence-electron chi connectivity index (χ2n) is 8.51. The Balaban J connectivity index is 1.77. The Kier molecular flexibility index (Phi) is 3.18. The van der Waals surface area contributed by atoms with E-state index in [1.165, 1.54) is 47.1 Å². The second-order valence-corrected chi connectivity index (χ2v) is 8.51. The second kappa shape index (κ2) is 5.09. The van der Waals surface area contributed by atoms with Gasteiger partial charge in [0.05, 0.1) is 6.61 Å². The fourth-order valence-electron chi connectivity index (χ4n) is 6.37. The van der Waals surface area contributed by atoms with Gasteiger partial charge in [-0.2, -0.15) is 0 Å². The molecule has 1 saturated carbocycles. The van der Waals surface area contributed by atoms with Gasteiger partial charge < -0.3 is 10.1 Å².